The number of carbonyl (C=O) groups is 2. The standard InChI is InChI=1S/C23H27N3O3/c1-17(18-7-3-2-4-8-18)26-16-19(15-22(26)27)23(28)24-20-9-5-6-10-21(20)25-11-13-29-14-12-25/h2-10,17,19H,11-16H2,1H3,(H,24,28)/t17-,19-/m0/s1. The van der Waals surface area contributed by atoms with Crippen LogP contribution in [0.5, 0.6) is 0 Å². The zero-order valence-electron chi connectivity index (χ0n) is 16.7. The maximum Gasteiger partial charge on any atom is 0.229 e. The number of para-hydroxylation sites is 2. The van der Waals surface area contributed by atoms with E-state index in [2.05, 4.69) is 10.2 Å². The Kier molecular flexibility index (Phi) is 5.81. The third kappa shape index (κ3) is 4.27. The van der Waals surface area contributed by atoms with E-state index in [4.69, 9.17) is 4.74 Å². The van der Waals surface area contributed by atoms with Gasteiger partial charge in [0.25, 0.3) is 0 Å². The fraction of sp³-hybridized carbons (Fsp3) is 0.391. The second kappa shape index (κ2) is 8.66. The molecule has 1 N–H and O–H groups in total. The summed E-state index contributed by atoms with van der Waals surface area (Å²) >= 11 is 0. The van der Waals surface area contributed by atoms with E-state index in [-0.39, 0.29) is 30.2 Å². The van der Waals surface area contributed by atoms with Crippen LogP contribution >= 0.6 is 0 Å². The van der Waals surface area contributed by atoms with Crippen LogP contribution in [0.3, 0.4) is 0 Å². The molecule has 0 aromatic heterocycles. The van der Waals surface area contributed by atoms with Crippen molar-refractivity contribution in [2.45, 2.75) is 19.4 Å². The number of nitrogens with one attached hydrogen (secondary N) is 1. The zero-order valence-corrected chi connectivity index (χ0v) is 16.7. The summed E-state index contributed by atoms with van der Waals surface area (Å²) in [4.78, 5) is 29.6. The number of benzene rings is 2. The van der Waals surface area contributed by atoms with E-state index in [1.807, 2.05) is 66.4 Å². The number of carbonyl (C=O) groups excluding carboxylic acids is 2. The molecule has 4 rings (SSSR count). The quantitative estimate of drug-likeness (QED) is 0.848. The Morgan fingerprint density at radius 3 is 2.52 bits per heavy atom. The van der Waals surface area contributed by atoms with Crippen LogP contribution in [0, 0.1) is 5.92 Å². The average molecular weight is 393 g/mol. The molecule has 2 atom stereocenters. The summed E-state index contributed by atoms with van der Waals surface area (Å²) in [6.07, 6.45) is 0.253. The van der Waals surface area contributed by atoms with E-state index in [1.165, 1.54) is 0 Å². The van der Waals surface area contributed by atoms with Crippen molar-refractivity contribution in [2.24, 2.45) is 5.92 Å². The molecule has 2 aliphatic heterocycles. The summed E-state index contributed by atoms with van der Waals surface area (Å²) in [7, 11) is 0. The number of hydrogen-bond acceptors (Lipinski definition) is 4. The lowest BCUT2D eigenvalue weighted by Crippen LogP contribution is -2.37. The molecule has 2 aromatic rings. The molecule has 6 heteroatoms. The van der Waals surface area contributed by atoms with Crippen molar-refractivity contribution in [2.75, 3.05) is 43.1 Å². The third-order valence-corrected chi connectivity index (χ3v) is 5.79. The molecule has 0 aliphatic carbocycles. The maximum absolute atomic E-state index is 13.0. The van der Waals surface area contributed by atoms with Crippen LogP contribution in [0.1, 0.15) is 24.9 Å². The molecule has 2 saturated heterocycles. The number of anilines is 2. The number of amides is 2. The summed E-state index contributed by atoms with van der Waals surface area (Å²) in [6, 6.07) is 17.7. The molecule has 2 aromatic carbocycles. The lowest BCUT2D eigenvalue weighted by molar-refractivity contribution is -0.129. The summed E-state index contributed by atoms with van der Waals surface area (Å²) < 4.78 is 5.43. The minimum atomic E-state index is -0.341. The molecule has 2 heterocycles. The van der Waals surface area contributed by atoms with Gasteiger partial charge in [-0.1, -0.05) is 42.5 Å². The third-order valence-electron chi connectivity index (χ3n) is 5.79. The van der Waals surface area contributed by atoms with Crippen molar-refractivity contribution < 1.29 is 14.3 Å². The molecule has 0 radical (unpaired) electrons. The Balaban J connectivity index is 1.44. The van der Waals surface area contributed by atoms with Gasteiger partial charge < -0.3 is 19.9 Å². The Morgan fingerprint density at radius 2 is 1.76 bits per heavy atom. The Bertz CT molecular complexity index is 865. The largest absolute Gasteiger partial charge is 0.378 e. The molecular formula is C23H27N3O3. The molecule has 0 saturated carbocycles. The minimum absolute atomic E-state index is 0.0305. The van der Waals surface area contributed by atoms with Crippen molar-refractivity contribution in [3.8, 4) is 0 Å². The van der Waals surface area contributed by atoms with Crippen LogP contribution in [0.25, 0.3) is 0 Å². The highest BCUT2D eigenvalue weighted by molar-refractivity contribution is 5.99. The number of rotatable bonds is 5. The highest BCUT2D eigenvalue weighted by Crippen LogP contribution is 2.31. The van der Waals surface area contributed by atoms with Gasteiger partial charge in [0.15, 0.2) is 0 Å². The topological polar surface area (TPSA) is 61.9 Å². The minimum Gasteiger partial charge on any atom is -0.378 e. The van der Waals surface area contributed by atoms with Crippen LogP contribution in [-0.2, 0) is 14.3 Å². The van der Waals surface area contributed by atoms with E-state index in [0.29, 0.717) is 19.8 Å². The fourth-order valence-electron chi connectivity index (χ4n) is 4.09. The molecule has 6 nitrogen and oxygen atoms in total. The lowest BCUT2D eigenvalue weighted by atomic mass is 10.1. The van der Waals surface area contributed by atoms with Crippen LogP contribution in [-0.4, -0.2) is 49.6 Å². The Labute approximate surface area is 171 Å². The summed E-state index contributed by atoms with van der Waals surface area (Å²) in [5, 5.41) is 3.07. The van der Waals surface area contributed by atoms with E-state index in [9.17, 15) is 9.59 Å². The summed E-state index contributed by atoms with van der Waals surface area (Å²) in [6.45, 7) is 5.44. The molecule has 2 fully saturated rings. The normalized spacial score (nSPS) is 20.6. The first-order valence-corrected chi connectivity index (χ1v) is 10.2. The molecule has 29 heavy (non-hydrogen) atoms. The SMILES string of the molecule is C[C@@H](c1ccccc1)N1C[C@@H](C(=O)Nc2ccccc2N2CCOCC2)CC1=O. The Morgan fingerprint density at radius 1 is 1.07 bits per heavy atom. The summed E-state index contributed by atoms with van der Waals surface area (Å²) in [5.74, 6) is -0.406. The van der Waals surface area contributed by atoms with Gasteiger partial charge in [0.2, 0.25) is 11.8 Å². The lowest BCUT2D eigenvalue weighted by Gasteiger charge is -2.30. The van der Waals surface area contributed by atoms with Crippen molar-refractivity contribution in [3.05, 3.63) is 60.2 Å². The number of ether oxygens (including phenoxy) is 1. The van der Waals surface area contributed by atoms with Gasteiger partial charge in [-0.05, 0) is 24.6 Å². The van der Waals surface area contributed by atoms with E-state index in [0.717, 1.165) is 30.0 Å². The van der Waals surface area contributed by atoms with Gasteiger partial charge in [-0.2, -0.15) is 0 Å². The van der Waals surface area contributed by atoms with E-state index < -0.39 is 0 Å². The molecule has 2 amide bonds. The molecule has 0 bridgehead atoms. The smallest absolute Gasteiger partial charge is 0.229 e. The molecule has 152 valence electrons. The van der Waals surface area contributed by atoms with E-state index in [1.54, 1.807) is 0 Å². The average Bonchev–Trinajstić information content (AvgIpc) is 3.16. The van der Waals surface area contributed by atoms with Crippen LogP contribution < -0.4 is 10.2 Å². The van der Waals surface area contributed by atoms with Crippen molar-refractivity contribution >= 4 is 23.2 Å². The van der Waals surface area contributed by atoms with Crippen molar-refractivity contribution in [1.29, 1.82) is 0 Å². The highest BCUT2D eigenvalue weighted by atomic mass is 16.5. The first-order valence-electron chi connectivity index (χ1n) is 10.2. The van der Waals surface area contributed by atoms with Gasteiger partial charge in [0, 0.05) is 26.1 Å². The Hall–Kier alpha value is -2.86. The molecule has 2 aliphatic rings. The number of nitrogens with zero attached hydrogens (tertiary/aromatic N) is 2. The zero-order chi connectivity index (χ0) is 20.2. The number of hydrogen-bond donors (Lipinski definition) is 1. The van der Waals surface area contributed by atoms with Crippen LogP contribution in [0.15, 0.2) is 54.6 Å². The van der Waals surface area contributed by atoms with Gasteiger partial charge in [0.05, 0.1) is 36.5 Å². The van der Waals surface area contributed by atoms with Gasteiger partial charge >= 0.3 is 0 Å². The predicted molar refractivity (Wildman–Crippen MR) is 113 cm³/mol. The number of likely N-dealkylation sites (tertiary alicyclic amines) is 1. The van der Waals surface area contributed by atoms with Gasteiger partial charge in [-0.25, -0.2) is 0 Å². The molecular weight excluding hydrogens is 366 g/mol. The van der Waals surface area contributed by atoms with Crippen molar-refractivity contribution in [1.82, 2.24) is 4.90 Å². The fourth-order valence-corrected chi connectivity index (χ4v) is 4.09. The highest BCUT2D eigenvalue weighted by Gasteiger charge is 2.37. The molecule has 0 unspecified atom stereocenters. The monoisotopic (exact) mass is 393 g/mol. The van der Waals surface area contributed by atoms with Gasteiger partial charge in [-0.3, -0.25) is 9.59 Å². The second-order valence-corrected chi connectivity index (χ2v) is 7.64. The van der Waals surface area contributed by atoms with Crippen molar-refractivity contribution in [3.63, 3.8) is 0 Å². The first-order chi connectivity index (χ1) is 14.1. The second-order valence-electron chi connectivity index (χ2n) is 7.64. The van der Waals surface area contributed by atoms with Gasteiger partial charge in [-0.15, -0.1) is 0 Å². The maximum atomic E-state index is 13.0. The van der Waals surface area contributed by atoms with Crippen LogP contribution in [0.4, 0.5) is 11.4 Å². The summed E-state index contributed by atoms with van der Waals surface area (Å²) in [5.41, 5.74) is 2.88. The van der Waals surface area contributed by atoms with E-state index >= 15 is 0 Å². The predicted octanol–water partition coefficient (Wildman–Crippen LogP) is 3.07. The van der Waals surface area contributed by atoms with Crippen LogP contribution in [0.2, 0.25) is 0 Å². The molecule has 0 spiro atoms. The number of morpholine rings is 1. The first kappa shape index (κ1) is 19.5. The van der Waals surface area contributed by atoms with Gasteiger partial charge in [0.1, 0.15) is 0 Å².